The number of H-pyrrole nitrogens is 1. The van der Waals surface area contributed by atoms with Gasteiger partial charge >= 0.3 is 0 Å². The molecular formula is C23H19FN4O2S. The van der Waals surface area contributed by atoms with Crippen molar-refractivity contribution in [3.8, 4) is 22.9 Å². The Kier molecular flexibility index (Phi) is 6.28. The Labute approximate surface area is 182 Å². The molecule has 0 fully saturated rings. The van der Waals surface area contributed by atoms with Crippen molar-refractivity contribution in [1.29, 1.82) is 0 Å². The number of amides is 1. The number of para-hydroxylation sites is 1. The fourth-order valence-electron chi connectivity index (χ4n) is 2.80. The molecule has 0 bridgehead atoms. The third kappa shape index (κ3) is 5.49. The molecule has 2 N–H and O–H groups in total. The molecule has 0 aliphatic heterocycles. The van der Waals surface area contributed by atoms with Crippen molar-refractivity contribution in [1.82, 2.24) is 15.2 Å². The molecule has 0 spiro atoms. The lowest BCUT2D eigenvalue weighted by Crippen LogP contribution is -2.15. The number of aryl methyl sites for hydroxylation is 1. The Hall–Kier alpha value is -3.65. The molecule has 0 aliphatic rings. The number of carbonyl (C=O) groups is 1. The summed E-state index contributed by atoms with van der Waals surface area (Å²) in [6.07, 6.45) is 0. The van der Waals surface area contributed by atoms with E-state index < -0.39 is 5.82 Å². The van der Waals surface area contributed by atoms with E-state index in [9.17, 15) is 9.18 Å². The van der Waals surface area contributed by atoms with Crippen LogP contribution in [0.15, 0.2) is 78.0 Å². The minimum Gasteiger partial charge on any atom is -0.457 e. The number of thioether (sulfide) groups is 1. The number of nitrogens with zero attached hydrogens (tertiary/aromatic N) is 2. The average Bonchev–Trinajstić information content (AvgIpc) is 3.25. The van der Waals surface area contributed by atoms with Gasteiger partial charge in [0, 0.05) is 5.56 Å². The average molecular weight is 434 g/mol. The van der Waals surface area contributed by atoms with E-state index in [0.29, 0.717) is 16.7 Å². The second-order valence-electron chi connectivity index (χ2n) is 6.73. The molecule has 4 rings (SSSR count). The standard InChI is InChI=1S/C23H19FN4O2S/c1-15-7-12-19(24)20(13-15)25-21(29)14-31-23-26-22(27-28-23)16-8-10-18(11-9-16)30-17-5-3-2-4-6-17/h2-13H,14H2,1H3,(H,25,29)(H,26,27,28). The Morgan fingerprint density at radius 1 is 1.06 bits per heavy atom. The summed E-state index contributed by atoms with van der Waals surface area (Å²) in [5, 5.41) is 10.0. The summed E-state index contributed by atoms with van der Waals surface area (Å²) in [6, 6.07) is 21.5. The van der Waals surface area contributed by atoms with Crippen molar-refractivity contribution >= 4 is 23.4 Å². The number of ether oxygens (including phenoxy) is 1. The zero-order valence-electron chi connectivity index (χ0n) is 16.6. The maximum Gasteiger partial charge on any atom is 0.234 e. The highest BCUT2D eigenvalue weighted by molar-refractivity contribution is 7.99. The van der Waals surface area contributed by atoms with Crippen LogP contribution in [0.1, 0.15) is 5.56 Å². The Morgan fingerprint density at radius 2 is 1.81 bits per heavy atom. The lowest BCUT2D eigenvalue weighted by Gasteiger charge is -2.06. The summed E-state index contributed by atoms with van der Waals surface area (Å²) < 4.78 is 19.6. The smallest absolute Gasteiger partial charge is 0.234 e. The van der Waals surface area contributed by atoms with Gasteiger partial charge in [0.1, 0.15) is 17.3 Å². The van der Waals surface area contributed by atoms with E-state index in [1.54, 1.807) is 12.1 Å². The number of rotatable bonds is 7. The summed E-state index contributed by atoms with van der Waals surface area (Å²) in [6.45, 7) is 1.83. The summed E-state index contributed by atoms with van der Waals surface area (Å²) in [5.74, 6) is 1.32. The molecule has 1 amide bonds. The number of anilines is 1. The number of halogens is 1. The van der Waals surface area contributed by atoms with E-state index in [4.69, 9.17) is 4.74 Å². The molecule has 1 aromatic heterocycles. The normalized spacial score (nSPS) is 10.6. The van der Waals surface area contributed by atoms with Gasteiger partial charge in [-0.25, -0.2) is 9.37 Å². The van der Waals surface area contributed by atoms with Gasteiger partial charge in [-0.15, -0.1) is 5.10 Å². The number of aromatic amines is 1. The Morgan fingerprint density at radius 3 is 2.58 bits per heavy atom. The van der Waals surface area contributed by atoms with E-state index in [1.807, 2.05) is 61.5 Å². The van der Waals surface area contributed by atoms with Gasteiger partial charge in [0.15, 0.2) is 5.82 Å². The van der Waals surface area contributed by atoms with E-state index in [2.05, 4.69) is 20.5 Å². The highest BCUT2D eigenvalue weighted by Crippen LogP contribution is 2.25. The Bertz CT molecular complexity index is 1180. The van der Waals surface area contributed by atoms with Crippen molar-refractivity contribution in [3.63, 3.8) is 0 Å². The van der Waals surface area contributed by atoms with Crippen molar-refractivity contribution in [2.75, 3.05) is 11.1 Å². The lowest BCUT2D eigenvalue weighted by atomic mass is 10.2. The van der Waals surface area contributed by atoms with Gasteiger partial charge in [0.2, 0.25) is 11.1 Å². The fourth-order valence-corrected chi connectivity index (χ4v) is 3.40. The van der Waals surface area contributed by atoms with E-state index in [1.165, 1.54) is 17.8 Å². The minimum atomic E-state index is -0.469. The molecule has 0 saturated carbocycles. The molecule has 0 aliphatic carbocycles. The zero-order valence-corrected chi connectivity index (χ0v) is 17.4. The second kappa shape index (κ2) is 9.44. The highest BCUT2D eigenvalue weighted by Gasteiger charge is 2.11. The number of carbonyl (C=O) groups excluding carboxylic acids is 1. The number of nitrogens with one attached hydrogen (secondary N) is 2. The number of hydrogen-bond acceptors (Lipinski definition) is 5. The van der Waals surface area contributed by atoms with Crippen molar-refractivity contribution < 1.29 is 13.9 Å². The van der Waals surface area contributed by atoms with Crippen LogP contribution in [-0.4, -0.2) is 26.8 Å². The van der Waals surface area contributed by atoms with Crippen molar-refractivity contribution in [2.45, 2.75) is 12.1 Å². The third-order valence-electron chi connectivity index (χ3n) is 4.30. The first-order chi connectivity index (χ1) is 15.1. The summed E-state index contributed by atoms with van der Waals surface area (Å²) >= 11 is 1.17. The topological polar surface area (TPSA) is 79.9 Å². The van der Waals surface area contributed by atoms with Crippen LogP contribution in [0.5, 0.6) is 11.5 Å². The van der Waals surface area contributed by atoms with Crippen LogP contribution in [-0.2, 0) is 4.79 Å². The maximum absolute atomic E-state index is 13.8. The largest absolute Gasteiger partial charge is 0.457 e. The Balaban J connectivity index is 1.33. The quantitative estimate of drug-likeness (QED) is 0.379. The van der Waals surface area contributed by atoms with Crippen LogP contribution in [0.25, 0.3) is 11.4 Å². The number of hydrogen-bond donors (Lipinski definition) is 2. The first-order valence-electron chi connectivity index (χ1n) is 9.51. The van der Waals surface area contributed by atoms with Crippen LogP contribution in [0.4, 0.5) is 10.1 Å². The van der Waals surface area contributed by atoms with Gasteiger partial charge in [0.25, 0.3) is 0 Å². The fraction of sp³-hybridized carbons (Fsp3) is 0.0870. The lowest BCUT2D eigenvalue weighted by molar-refractivity contribution is -0.113. The SMILES string of the molecule is Cc1ccc(F)c(NC(=O)CSc2n[nH]c(-c3ccc(Oc4ccccc4)cc3)n2)c1. The first kappa shape index (κ1) is 20.6. The molecule has 0 unspecified atom stereocenters. The highest BCUT2D eigenvalue weighted by atomic mass is 32.2. The number of aromatic nitrogens is 3. The van der Waals surface area contributed by atoms with E-state index >= 15 is 0 Å². The third-order valence-corrected chi connectivity index (χ3v) is 5.15. The predicted molar refractivity (Wildman–Crippen MR) is 119 cm³/mol. The molecule has 31 heavy (non-hydrogen) atoms. The zero-order chi connectivity index (χ0) is 21.6. The monoisotopic (exact) mass is 434 g/mol. The van der Waals surface area contributed by atoms with Gasteiger partial charge < -0.3 is 10.1 Å². The second-order valence-corrected chi connectivity index (χ2v) is 7.67. The van der Waals surface area contributed by atoms with Crippen molar-refractivity contribution in [3.05, 3.63) is 84.2 Å². The minimum absolute atomic E-state index is 0.0640. The maximum atomic E-state index is 13.8. The molecule has 1 heterocycles. The van der Waals surface area contributed by atoms with Gasteiger partial charge in [-0.2, -0.15) is 0 Å². The summed E-state index contributed by atoms with van der Waals surface area (Å²) in [5.41, 5.74) is 1.87. The van der Waals surface area contributed by atoms with Gasteiger partial charge in [-0.3, -0.25) is 9.89 Å². The van der Waals surface area contributed by atoms with Gasteiger partial charge in [-0.1, -0.05) is 36.0 Å². The molecule has 0 atom stereocenters. The van der Waals surface area contributed by atoms with Crippen LogP contribution in [0.3, 0.4) is 0 Å². The van der Waals surface area contributed by atoms with Crippen molar-refractivity contribution in [2.24, 2.45) is 0 Å². The molecule has 8 heteroatoms. The molecule has 6 nitrogen and oxygen atoms in total. The van der Waals surface area contributed by atoms with E-state index in [0.717, 1.165) is 16.9 Å². The predicted octanol–water partition coefficient (Wildman–Crippen LogP) is 5.44. The van der Waals surface area contributed by atoms with Crippen LogP contribution in [0, 0.1) is 12.7 Å². The first-order valence-corrected chi connectivity index (χ1v) is 10.5. The molecule has 4 aromatic rings. The molecule has 3 aromatic carbocycles. The van der Waals surface area contributed by atoms with Gasteiger partial charge in [-0.05, 0) is 61.0 Å². The molecular weight excluding hydrogens is 415 g/mol. The van der Waals surface area contributed by atoms with E-state index in [-0.39, 0.29) is 17.3 Å². The van der Waals surface area contributed by atoms with Crippen LogP contribution >= 0.6 is 11.8 Å². The van der Waals surface area contributed by atoms with Crippen LogP contribution in [0.2, 0.25) is 0 Å². The molecule has 0 saturated heterocycles. The summed E-state index contributed by atoms with van der Waals surface area (Å²) in [7, 11) is 0. The molecule has 156 valence electrons. The summed E-state index contributed by atoms with van der Waals surface area (Å²) in [4.78, 5) is 16.5. The number of benzene rings is 3. The molecule has 0 radical (unpaired) electrons. The van der Waals surface area contributed by atoms with Crippen LogP contribution < -0.4 is 10.1 Å². The van der Waals surface area contributed by atoms with Gasteiger partial charge in [0.05, 0.1) is 11.4 Å².